The molecule has 1 aromatic rings. The van der Waals surface area contributed by atoms with Gasteiger partial charge in [0, 0.05) is 13.1 Å². The van der Waals surface area contributed by atoms with Gasteiger partial charge in [-0.25, -0.2) is 4.98 Å². The number of hydrogen-bond donors (Lipinski definition) is 0. The molecule has 2 heterocycles. The molecule has 0 aromatic carbocycles. The minimum absolute atomic E-state index is 0.0419. The van der Waals surface area contributed by atoms with Gasteiger partial charge in [0.15, 0.2) is 5.78 Å². The Bertz CT molecular complexity index is 538. The summed E-state index contributed by atoms with van der Waals surface area (Å²) in [7, 11) is 0. The average Bonchev–Trinajstić information content (AvgIpc) is 2.72. The topological polar surface area (TPSA) is 57.0 Å². The fourth-order valence-corrected chi connectivity index (χ4v) is 2.32. The van der Waals surface area contributed by atoms with Crippen LogP contribution in [-0.4, -0.2) is 23.9 Å². The summed E-state index contributed by atoms with van der Waals surface area (Å²) in [5.41, 5.74) is 0.180. The molecule has 1 aliphatic heterocycles. The molecule has 1 saturated heterocycles. The molecule has 2 rings (SSSR count). The van der Waals surface area contributed by atoms with Crippen molar-refractivity contribution in [1.29, 1.82) is 5.26 Å². The Labute approximate surface area is 111 Å². The van der Waals surface area contributed by atoms with E-state index >= 15 is 0 Å². The van der Waals surface area contributed by atoms with Gasteiger partial charge in [-0.3, -0.25) is 4.79 Å². The SMILES string of the molecule is CC(=O)c1ccc(Cl)nc1N1CCC(C)(C#N)C1. The highest BCUT2D eigenvalue weighted by Gasteiger charge is 2.35. The van der Waals surface area contributed by atoms with Gasteiger partial charge in [-0.1, -0.05) is 11.6 Å². The largest absolute Gasteiger partial charge is 0.354 e. The van der Waals surface area contributed by atoms with Crippen molar-refractivity contribution >= 4 is 23.2 Å². The van der Waals surface area contributed by atoms with E-state index < -0.39 is 0 Å². The minimum atomic E-state index is -0.377. The summed E-state index contributed by atoms with van der Waals surface area (Å²) in [6, 6.07) is 5.62. The van der Waals surface area contributed by atoms with E-state index in [1.165, 1.54) is 6.92 Å². The molecule has 94 valence electrons. The number of nitriles is 1. The first-order valence-corrected chi connectivity index (χ1v) is 6.17. The van der Waals surface area contributed by atoms with Gasteiger partial charge in [0.1, 0.15) is 11.0 Å². The number of carbonyl (C=O) groups excluding carboxylic acids is 1. The molecule has 1 fully saturated rings. The van der Waals surface area contributed by atoms with E-state index in [0.717, 1.165) is 13.0 Å². The first-order valence-electron chi connectivity index (χ1n) is 5.79. The molecular weight excluding hydrogens is 250 g/mol. The first kappa shape index (κ1) is 12.8. The fourth-order valence-electron chi connectivity index (χ4n) is 2.17. The molecular formula is C13H14ClN3O. The monoisotopic (exact) mass is 263 g/mol. The van der Waals surface area contributed by atoms with E-state index in [1.54, 1.807) is 12.1 Å². The van der Waals surface area contributed by atoms with E-state index in [0.29, 0.717) is 23.1 Å². The Morgan fingerprint density at radius 2 is 2.33 bits per heavy atom. The van der Waals surface area contributed by atoms with Gasteiger partial charge in [-0.2, -0.15) is 5.26 Å². The van der Waals surface area contributed by atoms with Gasteiger partial charge in [0.2, 0.25) is 0 Å². The van der Waals surface area contributed by atoms with Gasteiger partial charge < -0.3 is 4.90 Å². The van der Waals surface area contributed by atoms with Crippen molar-refractivity contribution in [3.63, 3.8) is 0 Å². The number of rotatable bonds is 2. The highest BCUT2D eigenvalue weighted by molar-refractivity contribution is 6.29. The van der Waals surface area contributed by atoms with Crippen molar-refractivity contribution in [2.24, 2.45) is 5.41 Å². The summed E-state index contributed by atoms with van der Waals surface area (Å²) in [6.07, 6.45) is 0.773. The second-order valence-corrected chi connectivity index (χ2v) is 5.29. The second-order valence-electron chi connectivity index (χ2n) is 4.91. The van der Waals surface area contributed by atoms with Crippen molar-refractivity contribution in [1.82, 2.24) is 4.98 Å². The van der Waals surface area contributed by atoms with Crippen molar-refractivity contribution in [2.75, 3.05) is 18.0 Å². The number of carbonyl (C=O) groups is 1. The quantitative estimate of drug-likeness (QED) is 0.608. The fraction of sp³-hybridized carbons (Fsp3) is 0.462. The summed E-state index contributed by atoms with van der Waals surface area (Å²) in [5.74, 6) is 0.550. The maximum Gasteiger partial charge on any atom is 0.163 e. The Morgan fingerprint density at radius 3 is 2.89 bits per heavy atom. The molecule has 18 heavy (non-hydrogen) atoms. The highest BCUT2D eigenvalue weighted by Crippen LogP contribution is 2.33. The third-order valence-corrected chi connectivity index (χ3v) is 3.47. The molecule has 1 aromatic heterocycles. The van der Waals surface area contributed by atoms with Crippen LogP contribution in [0.5, 0.6) is 0 Å². The molecule has 0 radical (unpaired) electrons. The Morgan fingerprint density at radius 1 is 1.61 bits per heavy atom. The Hall–Kier alpha value is -1.60. The molecule has 0 bridgehead atoms. The summed E-state index contributed by atoms with van der Waals surface area (Å²) in [4.78, 5) is 17.8. The highest BCUT2D eigenvalue weighted by atomic mass is 35.5. The molecule has 0 amide bonds. The van der Waals surface area contributed by atoms with Crippen LogP contribution >= 0.6 is 11.6 Å². The summed E-state index contributed by atoms with van der Waals surface area (Å²) in [6.45, 7) is 4.73. The molecule has 0 saturated carbocycles. The predicted molar refractivity (Wildman–Crippen MR) is 69.8 cm³/mol. The van der Waals surface area contributed by atoms with Gasteiger partial charge in [-0.05, 0) is 32.4 Å². The zero-order valence-electron chi connectivity index (χ0n) is 10.4. The van der Waals surface area contributed by atoms with Crippen molar-refractivity contribution in [3.8, 4) is 6.07 Å². The predicted octanol–water partition coefficient (Wildman–Crippen LogP) is 2.68. The first-order chi connectivity index (χ1) is 8.45. The van der Waals surface area contributed by atoms with Crippen LogP contribution in [0.1, 0.15) is 30.6 Å². The Balaban J connectivity index is 2.38. The van der Waals surface area contributed by atoms with E-state index in [2.05, 4.69) is 11.1 Å². The lowest BCUT2D eigenvalue weighted by Gasteiger charge is -2.21. The van der Waals surface area contributed by atoms with E-state index in [-0.39, 0.29) is 11.2 Å². The smallest absolute Gasteiger partial charge is 0.163 e. The molecule has 1 atom stereocenters. The van der Waals surface area contributed by atoms with Crippen molar-refractivity contribution in [2.45, 2.75) is 20.3 Å². The van der Waals surface area contributed by atoms with E-state index in [1.807, 2.05) is 11.8 Å². The number of aromatic nitrogens is 1. The van der Waals surface area contributed by atoms with Crippen LogP contribution in [0.15, 0.2) is 12.1 Å². The van der Waals surface area contributed by atoms with Crippen LogP contribution in [0.2, 0.25) is 5.15 Å². The summed E-state index contributed by atoms with van der Waals surface area (Å²) < 4.78 is 0. The summed E-state index contributed by atoms with van der Waals surface area (Å²) in [5, 5.41) is 9.49. The zero-order valence-corrected chi connectivity index (χ0v) is 11.2. The van der Waals surface area contributed by atoms with Crippen LogP contribution in [0.3, 0.4) is 0 Å². The standard InChI is InChI=1S/C13H14ClN3O/c1-9(18)10-3-4-11(14)16-12(10)17-6-5-13(2,7-15)8-17/h3-4H,5-6,8H2,1-2H3. The lowest BCUT2D eigenvalue weighted by molar-refractivity contribution is 0.101. The number of Topliss-reactive ketones (excluding diaryl/α,β-unsaturated/α-hetero) is 1. The zero-order chi connectivity index (χ0) is 13.3. The van der Waals surface area contributed by atoms with E-state index in [4.69, 9.17) is 16.9 Å². The van der Waals surface area contributed by atoms with Crippen LogP contribution < -0.4 is 4.90 Å². The van der Waals surface area contributed by atoms with E-state index in [9.17, 15) is 4.79 Å². The second kappa shape index (κ2) is 4.58. The van der Waals surface area contributed by atoms with Gasteiger partial charge in [-0.15, -0.1) is 0 Å². The van der Waals surface area contributed by atoms with Crippen molar-refractivity contribution < 1.29 is 4.79 Å². The van der Waals surface area contributed by atoms with Gasteiger partial charge in [0.25, 0.3) is 0 Å². The Kier molecular flexibility index (Phi) is 3.27. The maximum atomic E-state index is 11.6. The molecule has 1 unspecified atom stereocenters. The van der Waals surface area contributed by atoms with Crippen LogP contribution in [0.4, 0.5) is 5.82 Å². The molecule has 5 heteroatoms. The number of nitrogens with zero attached hydrogens (tertiary/aromatic N) is 3. The minimum Gasteiger partial charge on any atom is -0.354 e. The molecule has 4 nitrogen and oxygen atoms in total. The molecule has 0 N–H and O–H groups in total. The van der Waals surface area contributed by atoms with Crippen LogP contribution in [0, 0.1) is 16.7 Å². The summed E-state index contributed by atoms with van der Waals surface area (Å²) >= 11 is 5.89. The van der Waals surface area contributed by atoms with Crippen LogP contribution in [-0.2, 0) is 0 Å². The lowest BCUT2D eigenvalue weighted by Crippen LogP contribution is -2.26. The number of halogens is 1. The molecule has 0 aliphatic carbocycles. The van der Waals surface area contributed by atoms with Gasteiger partial charge >= 0.3 is 0 Å². The maximum absolute atomic E-state index is 11.6. The third-order valence-electron chi connectivity index (χ3n) is 3.26. The molecule has 0 spiro atoms. The number of hydrogen-bond acceptors (Lipinski definition) is 4. The van der Waals surface area contributed by atoms with Gasteiger partial charge in [0.05, 0.1) is 17.0 Å². The number of anilines is 1. The normalized spacial score (nSPS) is 22.9. The lowest BCUT2D eigenvalue weighted by atomic mass is 9.92. The molecule has 1 aliphatic rings. The van der Waals surface area contributed by atoms with Crippen LogP contribution in [0.25, 0.3) is 0 Å². The van der Waals surface area contributed by atoms with Crippen molar-refractivity contribution in [3.05, 3.63) is 22.8 Å². The number of pyridine rings is 1. The average molecular weight is 264 g/mol. The number of ketones is 1. The third kappa shape index (κ3) is 2.32.